The summed E-state index contributed by atoms with van der Waals surface area (Å²) in [5.41, 5.74) is 1.40. The van der Waals surface area contributed by atoms with Crippen molar-refractivity contribution in [1.82, 2.24) is 5.32 Å². The molecular weight excluding hydrogens is 210 g/mol. The van der Waals surface area contributed by atoms with Crippen LogP contribution < -0.4 is 5.32 Å². The number of rotatable bonds is 5. The second-order valence-corrected chi connectivity index (χ2v) is 5.16. The summed E-state index contributed by atoms with van der Waals surface area (Å²) in [5.74, 6) is 0.585. The van der Waals surface area contributed by atoms with Gasteiger partial charge in [0.25, 0.3) is 0 Å². The van der Waals surface area contributed by atoms with Crippen LogP contribution in [0.25, 0.3) is 0 Å². The molecule has 0 aliphatic heterocycles. The van der Waals surface area contributed by atoms with Crippen LogP contribution in [-0.4, -0.2) is 23.8 Å². The highest BCUT2D eigenvalue weighted by Crippen LogP contribution is 2.20. The monoisotopic (exact) mass is 233 g/mol. The van der Waals surface area contributed by atoms with Crippen LogP contribution >= 0.6 is 0 Å². The fourth-order valence-corrected chi connectivity index (χ4v) is 2.61. The van der Waals surface area contributed by atoms with Crippen LogP contribution in [0.4, 0.5) is 0 Å². The van der Waals surface area contributed by atoms with Crippen LogP contribution in [0.3, 0.4) is 0 Å². The first-order valence-corrected chi connectivity index (χ1v) is 6.74. The Morgan fingerprint density at radius 2 is 2.06 bits per heavy atom. The third kappa shape index (κ3) is 3.55. The van der Waals surface area contributed by atoms with E-state index in [9.17, 15) is 5.11 Å². The lowest BCUT2D eigenvalue weighted by molar-refractivity contribution is 0.149. The van der Waals surface area contributed by atoms with Crippen LogP contribution in [0.1, 0.15) is 44.1 Å². The van der Waals surface area contributed by atoms with Gasteiger partial charge in [0.15, 0.2) is 0 Å². The molecule has 0 radical (unpaired) electrons. The molecule has 1 aromatic rings. The van der Waals surface area contributed by atoms with E-state index >= 15 is 0 Å². The number of aliphatic hydroxyl groups is 1. The molecule has 0 saturated heterocycles. The van der Waals surface area contributed by atoms with Gasteiger partial charge in [0.05, 0.1) is 6.10 Å². The van der Waals surface area contributed by atoms with Gasteiger partial charge in [0.1, 0.15) is 0 Å². The minimum absolute atomic E-state index is 0.123. The lowest BCUT2D eigenvalue weighted by Gasteiger charge is -2.18. The van der Waals surface area contributed by atoms with Crippen LogP contribution in [0.15, 0.2) is 30.3 Å². The minimum atomic E-state index is -0.123. The lowest BCUT2D eigenvalue weighted by Crippen LogP contribution is -2.36. The summed E-state index contributed by atoms with van der Waals surface area (Å²) in [6.45, 7) is 3.26. The van der Waals surface area contributed by atoms with Crippen molar-refractivity contribution in [2.75, 3.05) is 6.54 Å². The predicted molar refractivity (Wildman–Crippen MR) is 71.1 cm³/mol. The van der Waals surface area contributed by atoms with Crippen molar-refractivity contribution >= 4 is 0 Å². The van der Waals surface area contributed by atoms with Gasteiger partial charge in [0.2, 0.25) is 0 Å². The molecule has 1 saturated carbocycles. The first-order chi connectivity index (χ1) is 8.27. The Balaban J connectivity index is 1.71. The van der Waals surface area contributed by atoms with E-state index in [0.717, 1.165) is 32.2 Å². The van der Waals surface area contributed by atoms with Crippen molar-refractivity contribution in [1.29, 1.82) is 0 Å². The molecule has 0 amide bonds. The molecule has 3 atom stereocenters. The molecule has 2 nitrogen and oxygen atoms in total. The molecule has 1 unspecified atom stereocenters. The van der Waals surface area contributed by atoms with Gasteiger partial charge in [-0.25, -0.2) is 0 Å². The summed E-state index contributed by atoms with van der Waals surface area (Å²) in [6, 6.07) is 11.0. The smallest absolute Gasteiger partial charge is 0.0693 e. The number of hydrogen-bond donors (Lipinski definition) is 2. The van der Waals surface area contributed by atoms with Crippen LogP contribution in [0.5, 0.6) is 0 Å². The molecule has 94 valence electrons. The second-order valence-electron chi connectivity index (χ2n) is 5.16. The van der Waals surface area contributed by atoms with E-state index in [2.05, 4.69) is 42.6 Å². The fourth-order valence-electron chi connectivity index (χ4n) is 2.61. The number of benzene rings is 1. The highest BCUT2D eigenvalue weighted by molar-refractivity contribution is 5.18. The molecule has 0 bridgehead atoms. The van der Waals surface area contributed by atoms with Gasteiger partial charge in [-0.05, 0) is 43.7 Å². The van der Waals surface area contributed by atoms with Crippen LogP contribution in [-0.2, 0) is 0 Å². The Kier molecular flexibility index (Phi) is 4.57. The molecule has 0 spiro atoms. The first kappa shape index (κ1) is 12.6. The van der Waals surface area contributed by atoms with Crippen LogP contribution in [0, 0.1) is 0 Å². The van der Waals surface area contributed by atoms with Gasteiger partial charge in [-0.3, -0.25) is 0 Å². The van der Waals surface area contributed by atoms with E-state index in [1.165, 1.54) is 5.56 Å². The Morgan fingerprint density at radius 1 is 1.29 bits per heavy atom. The first-order valence-electron chi connectivity index (χ1n) is 6.74. The molecule has 1 aromatic carbocycles. The van der Waals surface area contributed by atoms with E-state index in [4.69, 9.17) is 0 Å². The zero-order chi connectivity index (χ0) is 12.1. The van der Waals surface area contributed by atoms with E-state index in [-0.39, 0.29) is 6.10 Å². The van der Waals surface area contributed by atoms with E-state index in [0.29, 0.717) is 12.0 Å². The average Bonchev–Trinajstić information content (AvgIpc) is 2.76. The summed E-state index contributed by atoms with van der Waals surface area (Å²) < 4.78 is 0. The quantitative estimate of drug-likeness (QED) is 0.819. The van der Waals surface area contributed by atoms with Crippen molar-refractivity contribution < 1.29 is 5.11 Å². The molecule has 17 heavy (non-hydrogen) atoms. The predicted octanol–water partition coefficient (Wildman–Crippen LogP) is 2.68. The molecule has 0 heterocycles. The van der Waals surface area contributed by atoms with Gasteiger partial charge in [-0.15, -0.1) is 0 Å². The summed E-state index contributed by atoms with van der Waals surface area (Å²) >= 11 is 0. The molecule has 2 heteroatoms. The highest BCUT2D eigenvalue weighted by atomic mass is 16.3. The molecule has 0 aromatic heterocycles. The summed E-state index contributed by atoms with van der Waals surface area (Å²) in [4.78, 5) is 0. The van der Waals surface area contributed by atoms with Gasteiger partial charge < -0.3 is 10.4 Å². The normalized spacial score (nSPS) is 26.0. The molecule has 1 aliphatic carbocycles. The Labute approximate surface area is 104 Å². The number of hydrogen-bond acceptors (Lipinski definition) is 2. The maximum atomic E-state index is 9.71. The Morgan fingerprint density at radius 3 is 2.71 bits per heavy atom. The number of nitrogens with one attached hydrogen (secondary N) is 1. The Bertz CT molecular complexity index is 325. The van der Waals surface area contributed by atoms with Crippen LogP contribution in [0.2, 0.25) is 0 Å². The third-order valence-corrected chi connectivity index (χ3v) is 3.83. The summed E-state index contributed by atoms with van der Waals surface area (Å²) in [5, 5.41) is 13.2. The number of aliphatic hydroxyl groups excluding tert-OH is 1. The van der Waals surface area contributed by atoms with Gasteiger partial charge in [-0.1, -0.05) is 37.3 Å². The Hall–Kier alpha value is -0.860. The maximum absolute atomic E-state index is 9.71. The van der Waals surface area contributed by atoms with Crippen molar-refractivity contribution in [3.05, 3.63) is 35.9 Å². The standard InChI is InChI=1S/C15H23NO/c1-12(13-6-3-2-4-7-13)10-11-16-14-8-5-9-15(14)17/h2-4,6-7,12,14-17H,5,8-11H2,1H3/t12?,14-,15-/m0/s1. The lowest BCUT2D eigenvalue weighted by atomic mass is 9.98. The molecule has 1 aliphatic rings. The SMILES string of the molecule is CC(CCN[C@H]1CCC[C@@H]1O)c1ccccc1. The average molecular weight is 233 g/mol. The molecular formula is C15H23NO. The topological polar surface area (TPSA) is 32.3 Å². The maximum Gasteiger partial charge on any atom is 0.0693 e. The van der Waals surface area contributed by atoms with E-state index in [1.54, 1.807) is 0 Å². The largest absolute Gasteiger partial charge is 0.392 e. The second kappa shape index (κ2) is 6.18. The highest BCUT2D eigenvalue weighted by Gasteiger charge is 2.24. The van der Waals surface area contributed by atoms with Gasteiger partial charge in [0, 0.05) is 6.04 Å². The van der Waals surface area contributed by atoms with Crippen molar-refractivity contribution in [2.24, 2.45) is 0 Å². The molecule has 2 rings (SSSR count). The minimum Gasteiger partial charge on any atom is -0.392 e. The summed E-state index contributed by atoms with van der Waals surface area (Å²) in [6.07, 6.45) is 4.26. The zero-order valence-corrected chi connectivity index (χ0v) is 10.6. The van der Waals surface area contributed by atoms with Crippen molar-refractivity contribution in [3.8, 4) is 0 Å². The van der Waals surface area contributed by atoms with Gasteiger partial charge in [-0.2, -0.15) is 0 Å². The molecule has 1 fully saturated rings. The summed E-state index contributed by atoms with van der Waals surface area (Å²) in [7, 11) is 0. The van der Waals surface area contributed by atoms with Crippen molar-refractivity contribution in [3.63, 3.8) is 0 Å². The van der Waals surface area contributed by atoms with Crippen molar-refractivity contribution in [2.45, 2.75) is 50.7 Å². The van der Waals surface area contributed by atoms with E-state index < -0.39 is 0 Å². The third-order valence-electron chi connectivity index (χ3n) is 3.83. The van der Waals surface area contributed by atoms with Gasteiger partial charge >= 0.3 is 0 Å². The fraction of sp³-hybridized carbons (Fsp3) is 0.600. The molecule has 2 N–H and O–H groups in total. The zero-order valence-electron chi connectivity index (χ0n) is 10.6. The van der Waals surface area contributed by atoms with E-state index in [1.807, 2.05) is 0 Å².